The SMILES string of the molecule is Cc1cccc2sc(NCc3ccc(C#N)cc3)nc12. The van der Waals surface area contributed by atoms with E-state index in [4.69, 9.17) is 5.26 Å². The van der Waals surface area contributed by atoms with Crippen LogP contribution >= 0.6 is 11.3 Å². The maximum atomic E-state index is 8.77. The van der Waals surface area contributed by atoms with E-state index in [-0.39, 0.29) is 0 Å². The molecular formula is C16H13N3S. The molecule has 98 valence electrons. The first kappa shape index (κ1) is 12.6. The van der Waals surface area contributed by atoms with Crippen LogP contribution in [0.25, 0.3) is 10.2 Å². The Balaban J connectivity index is 1.76. The number of nitriles is 1. The smallest absolute Gasteiger partial charge is 0.184 e. The van der Waals surface area contributed by atoms with Gasteiger partial charge in [0.25, 0.3) is 0 Å². The molecule has 0 saturated carbocycles. The molecule has 0 radical (unpaired) electrons. The number of anilines is 1. The zero-order valence-electron chi connectivity index (χ0n) is 11.1. The van der Waals surface area contributed by atoms with E-state index in [1.807, 2.05) is 24.3 Å². The van der Waals surface area contributed by atoms with Crippen LogP contribution in [0.5, 0.6) is 0 Å². The van der Waals surface area contributed by atoms with Crippen LogP contribution in [0.3, 0.4) is 0 Å². The molecule has 20 heavy (non-hydrogen) atoms. The normalized spacial score (nSPS) is 10.4. The molecule has 1 aromatic heterocycles. The van der Waals surface area contributed by atoms with Crippen molar-refractivity contribution in [2.75, 3.05) is 5.32 Å². The summed E-state index contributed by atoms with van der Waals surface area (Å²) >= 11 is 1.66. The van der Waals surface area contributed by atoms with Crippen molar-refractivity contribution in [3.8, 4) is 6.07 Å². The van der Waals surface area contributed by atoms with Crippen molar-refractivity contribution in [1.82, 2.24) is 4.98 Å². The lowest BCUT2D eigenvalue weighted by atomic mass is 10.1. The maximum Gasteiger partial charge on any atom is 0.184 e. The quantitative estimate of drug-likeness (QED) is 0.785. The molecule has 0 saturated heterocycles. The zero-order valence-corrected chi connectivity index (χ0v) is 11.9. The van der Waals surface area contributed by atoms with Gasteiger partial charge in [0, 0.05) is 6.54 Å². The Hall–Kier alpha value is -2.38. The van der Waals surface area contributed by atoms with Crippen LogP contribution in [0.4, 0.5) is 5.13 Å². The third kappa shape index (κ3) is 2.49. The number of nitrogens with zero attached hydrogens (tertiary/aromatic N) is 2. The largest absolute Gasteiger partial charge is 0.357 e. The highest BCUT2D eigenvalue weighted by Gasteiger charge is 2.05. The van der Waals surface area contributed by atoms with Crippen molar-refractivity contribution in [1.29, 1.82) is 5.26 Å². The van der Waals surface area contributed by atoms with Crippen LogP contribution in [-0.4, -0.2) is 4.98 Å². The highest BCUT2D eigenvalue weighted by atomic mass is 32.1. The van der Waals surface area contributed by atoms with Gasteiger partial charge in [0.15, 0.2) is 5.13 Å². The Bertz CT molecular complexity index is 782. The third-order valence-corrected chi connectivity index (χ3v) is 4.13. The van der Waals surface area contributed by atoms with E-state index in [1.54, 1.807) is 11.3 Å². The number of fused-ring (bicyclic) bond motifs is 1. The topological polar surface area (TPSA) is 48.7 Å². The number of benzene rings is 2. The predicted octanol–water partition coefficient (Wildman–Crippen LogP) is 4.09. The van der Waals surface area contributed by atoms with Gasteiger partial charge in [-0.25, -0.2) is 4.98 Å². The van der Waals surface area contributed by atoms with Crippen LogP contribution in [-0.2, 0) is 6.54 Å². The molecule has 1 heterocycles. The van der Waals surface area contributed by atoms with Gasteiger partial charge in [-0.15, -0.1) is 0 Å². The molecule has 0 atom stereocenters. The van der Waals surface area contributed by atoms with Crippen LogP contribution in [0, 0.1) is 18.3 Å². The summed E-state index contributed by atoms with van der Waals surface area (Å²) in [5.74, 6) is 0. The first-order chi connectivity index (χ1) is 9.76. The van der Waals surface area contributed by atoms with Gasteiger partial charge in [0.2, 0.25) is 0 Å². The molecule has 2 aromatic carbocycles. The molecule has 0 bridgehead atoms. The van der Waals surface area contributed by atoms with Crippen LogP contribution in [0.15, 0.2) is 42.5 Å². The van der Waals surface area contributed by atoms with Crippen molar-refractivity contribution < 1.29 is 0 Å². The first-order valence-corrected chi connectivity index (χ1v) is 7.17. The van der Waals surface area contributed by atoms with Crippen molar-refractivity contribution in [3.05, 3.63) is 59.2 Å². The van der Waals surface area contributed by atoms with Crippen molar-refractivity contribution in [3.63, 3.8) is 0 Å². The first-order valence-electron chi connectivity index (χ1n) is 6.35. The van der Waals surface area contributed by atoms with Crippen molar-refractivity contribution in [2.45, 2.75) is 13.5 Å². The highest BCUT2D eigenvalue weighted by Crippen LogP contribution is 2.28. The van der Waals surface area contributed by atoms with E-state index in [0.29, 0.717) is 12.1 Å². The van der Waals surface area contributed by atoms with Gasteiger partial charge < -0.3 is 5.32 Å². The molecule has 3 aromatic rings. The molecule has 0 unspecified atom stereocenters. The fourth-order valence-corrected chi connectivity index (χ4v) is 2.98. The number of aryl methyl sites for hydroxylation is 1. The number of nitrogens with one attached hydrogen (secondary N) is 1. The van der Waals surface area contributed by atoms with E-state index in [1.165, 1.54) is 10.3 Å². The van der Waals surface area contributed by atoms with Crippen molar-refractivity contribution >= 4 is 26.7 Å². The summed E-state index contributed by atoms with van der Waals surface area (Å²) in [6, 6.07) is 15.9. The molecule has 3 rings (SSSR count). The summed E-state index contributed by atoms with van der Waals surface area (Å²) in [6.45, 7) is 2.79. The molecule has 0 aliphatic heterocycles. The van der Waals surface area contributed by atoms with Gasteiger partial charge in [0.1, 0.15) is 0 Å². The van der Waals surface area contributed by atoms with E-state index in [9.17, 15) is 0 Å². The Morgan fingerprint density at radius 3 is 2.70 bits per heavy atom. The minimum Gasteiger partial charge on any atom is -0.357 e. The number of hydrogen-bond donors (Lipinski definition) is 1. The van der Waals surface area contributed by atoms with E-state index in [0.717, 1.165) is 16.2 Å². The van der Waals surface area contributed by atoms with Gasteiger partial charge in [0.05, 0.1) is 21.8 Å². The van der Waals surface area contributed by atoms with Gasteiger partial charge in [-0.2, -0.15) is 5.26 Å². The van der Waals surface area contributed by atoms with E-state index in [2.05, 4.69) is 41.5 Å². The van der Waals surface area contributed by atoms with Crippen LogP contribution < -0.4 is 5.32 Å². The zero-order chi connectivity index (χ0) is 13.9. The molecule has 0 spiro atoms. The highest BCUT2D eigenvalue weighted by molar-refractivity contribution is 7.22. The standard InChI is InChI=1S/C16H13N3S/c1-11-3-2-4-14-15(11)19-16(20-14)18-10-13-7-5-12(9-17)6-8-13/h2-8H,10H2,1H3,(H,18,19). The summed E-state index contributed by atoms with van der Waals surface area (Å²) < 4.78 is 1.20. The lowest BCUT2D eigenvalue weighted by molar-refractivity contribution is 1.14. The van der Waals surface area contributed by atoms with E-state index < -0.39 is 0 Å². The molecule has 4 heteroatoms. The fraction of sp³-hybridized carbons (Fsp3) is 0.125. The fourth-order valence-electron chi connectivity index (χ4n) is 2.04. The van der Waals surface area contributed by atoms with E-state index >= 15 is 0 Å². The summed E-state index contributed by atoms with van der Waals surface area (Å²) in [5.41, 5.74) is 4.09. The number of aromatic nitrogens is 1. The second-order valence-electron chi connectivity index (χ2n) is 4.60. The van der Waals surface area contributed by atoms with Gasteiger partial charge >= 0.3 is 0 Å². The molecule has 0 fully saturated rings. The number of para-hydroxylation sites is 1. The molecule has 3 nitrogen and oxygen atoms in total. The monoisotopic (exact) mass is 279 g/mol. The number of hydrogen-bond acceptors (Lipinski definition) is 4. The molecule has 0 aliphatic carbocycles. The average Bonchev–Trinajstić information content (AvgIpc) is 2.90. The lowest BCUT2D eigenvalue weighted by Gasteiger charge is -2.02. The van der Waals surface area contributed by atoms with Crippen LogP contribution in [0.2, 0.25) is 0 Å². The van der Waals surface area contributed by atoms with Crippen LogP contribution in [0.1, 0.15) is 16.7 Å². The predicted molar refractivity (Wildman–Crippen MR) is 82.8 cm³/mol. The van der Waals surface area contributed by atoms with Gasteiger partial charge in [-0.1, -0.05) is 35.6 Å². The molecule has 0 amide bonds. The Labute approximate surface area is 121 Å². The van der Waals surface area contributed by atoms with Crippen molar-refractivity contribution in [2.24, 2.45) is 0 Å². The maximum absolute atomic E-state index is 8.77. The minimum atomic E-state index is 0.685. The molecule has 1 N–H and O–H groups in total. The minimum absolute atomic E-state index is 0.685. The average molecular weight is 279 g/mol. The Morgan fingerprint density at radius 2 is 2.00 bits per heavy atom. The second kappa shape index (κ2) is 5.32. The summed E-state index contributed by atoms with van der Waals surface area (Å²) in [4.78, 5) is 4.62. The molecule has 0 aliphatic rings. The van der Waals surface area contributed by atoms with Gasteiger partial charge in [-0.05, 0) is 36.2 Å². The summed E-state index contributed by atoms with van der Waals surface area (Å²) in [6.07, 6.45) is 0. The molecular weight excluding hydrogens is 266 g/mol. The number of thiazole rings is 1. The lowest BCUT2D eigenvalue weighted by Crippen LogP contribution is -1.98. The Kier molecular flexibility index (Phi) is 3.36. The summed E-state index contributed by atoms with van der Waals surface area (Å²) in [5, 5.41) is 13.0. The number of rotatable bonds is 3. The summed E-state index contributed by atoms with van der Waals surface area (Å²) in [7, 11) is 0. The van der Waals surface area contributed by atoms with Gasteiger partial charge in [-0.3, -0.25) is 0 Å². The third-order valence-electron chi connectivity index (χ3n) is 3.15. The Morgan fingerprint density at radius 1 is 1.20 bits per heavy atom. The second-order valence-corrected chi connectivity index (χ2v) is 5.63.